The van der Waals surface area contributed by atoms with Gasteiger partial charge in [0.15, 0.2) is 11.5 Å². The van der Waals surface area contributed by atoms with Crippen LogP contribution in [-0.4, -0.2) is 33.7 Å². The first kappa shape index (κ1) is 21.1. The van der Waals surface area contributed by atoms with E-state index in [1.165, 1.54) is 0 Å². The van der Waals surface area contributed by atoms with Gasteiger partial charge in [0.1, 0.15) is 10.7 Å². The topological polar surface area (TPSA) is 60.8 Å². The number of ether oxygens (including phenoxy) is 2. The Morgan fingerprint density at radius 2 is 1.79 bits per heavy atom. The zero-order chi connectivity index (χ0) is 21.0. The van der Waals surface area contributed by atoms with Gasteiger partial charge in [0.05, 0.1) is 31.3 Å². The lowest BCUT2D eigenvalue weighted by Gasteiger charge is -2.27. The summed E-state index contributed by atoms with van der Waals surface area (Å²) >= 11 is 6.31. The number of anilines is 2. The van der Waals surface area contributed by atoms with E-state index in [4.69, 9.17) is 21.1 Å². The Kier molecular flexibility index (Phi) is 6.71. The van der Waals surface area contributed by atoms with Gasteiger partial charge in [-0.2, -0.15) is 0 Å². The van der Waals surface area contributed by atoms with Gasteiger partial charge in [0.2, 0.25) is 0 Å². The van der Waals surface area contributed by atoms with Crippen LogP contribution in [0.25, 0.3) is 5.69 Å². The van der Waals surface area contributed by atoms with Crippen LogP contribution in [0.2, 0.25) is 5.02 Å². The lowest BCUT2D eigenvalue weighted by Crippen LogP contribution is -2.18. The molecule has 0 radical (unpaired) electrons. The van der Waals surface area contributed by atoms with Crippen LogP contribution in [-0.2, 0) is 16.5 Å². The summed E-state index contributed by atoms with van der Waals surface area (Å²) in [5, 5.41) is 0.529. The van der Waals surface area contributed by atoms with Crippen molar-refractivity contribution in [2.24, 2.45) is 0 Å². The van der Waals surface area contributed by atoms with Crippen LogP contribution in [0, 0.1) is 0 Å². The van der Waals surface area contributed by atoms with Crippen molar-refractivity contribution in [3.8, 4) is 17.2 Å². The van der Waals surface area contributed by atoms with Gasteiger partial charge >= 0.3 is 0 Å². The van der Waals surface area contributed by atoms with E-state index < -0.39 is 10.7 Å². The van der Waals surface area contributed by atoms with Crippen LogP contribution in [0.1, 0.15) is 12.5 Å². The van der Waals surface area contributed by atoms with Gasteiger partial charge in [-0.25, -0.2) is 8.42 Å². The molecule has 1 heterocycles. The Balaban J connectivity index is 2.16. The van der Waals surface area contributed by atoms with Crippen LogP contribution >= 0.6 is 11.6 Å². The van der Waals surface area contributed by atoms with E-state index >= 15 is 0 Å². The molecule has 0 bridgehead atoms. The number of benzene rings is 2. The minimum absolute atomic E-state index is 0.0242. The van der Waals surface area contributed by atoms with Crippen molar-refractivity contribution in [2.45, 2.75) is 12.7 Å². The van der Waals surface area contributed by atoms with Gasteiger partial charge in [0.25, 0.3) is 0 Å². The number of nitrogens with zero attached hydrogens (tertiary/aromatic N) is 2. The summed E-state index contributed by atoms with van der Waals surface area (Å²) in [6, 6.07) is 13.0. The second-order valence-electron chi connectivity index (χ2n) is 6.30. The summed E-state index contributed by atoms with van der Waals surface area (Å²) in [4.78, 5) is 2.04. The number of methoxy groups -OCH3 is 2. The Hall–Kier alpha value is -2.64. The standard InChI is InChI=1S/C21H23ClN2O4S/c1-4-24(19-11-16(22)12-20(27-2)21(19)28-3)17-8-7-15(14-29(25)26)18(13-17)23-9-5-6-10-23/h5-13,29H,4,14H2,1-3H3. The van der Waals surface area contributed by atoms with Crippen molar-refractivity contribution in [1.29, 1.82) is 0 Å². The second-order valence-corrected chi connectivity index (χ2v) is 7.72. The number of thiol groups is 1. The van der Waals surface area contributed by atoms with Crippen molar-refractivity contribution in [3.05, 3.63) is 65.4 Å². The Labute approximate surface area is 177 Å². The number of hydrogen-bond donors (Lipinski definition) is 1. The third-order valence-corrected chi connectivity index (χ3v) is 5.41. The highest BCUT2D eigenvalue weighted by molar-refractivity contribution is 7.71. The maximum Gasteiger partial charge on any atom is 0.184 e. The van der Waals surface area contributed by atoms with Gasteiger partial charge in [-0.1, -0.05) is 17.7 Å². The van der Waals surface area contributed by atoms with E-state index in [-0.39, 0.29) is 5.75 Å². The van der Waals surface area contributed by atoms with Crippen LogP contribution < -0.4 is 14.4 Å². The average Bonchev–Trinajstić information content (AvgIpc) is 3.23. The molecule has 8 heteroatoms. The first-order chi connectivity index (χ1) is 14.0. The number of halogens is 1. The zero-order valence-corrected chi connectivity index (χ0v) is 18.1. The highest BCUT2D eigenvalue weighted by atomic mass is 35.5. The largest absolute Gasteiger partial charge is 0.493 e. The van der Waals surface area contributed by atoms with Crippen LogP contribution in [0.4, 0.5) is 11.4 Å². The summed E-state index contributed by atoms with van der Waals surface area (Å²) < 4.78 is 35.6. The number of hydrogen-bond acceptors (Lipinski definition) is 5. The fraction of sp³-hybridized carbons (Fsp3) is 0.238. The van der Waals surface area contributed by atoms with Crippen LogP contribution in [0.3, 0.4) is 0 Å². The smallest absolute Gasteiger partial charge is 0.184 e. The van der Waals surface area contributed by atoms with E-state index in [2.05, 4.69) is 0 Å². The SMILES string of the molecule is CCN(c1ccc(C[SH](=O)=O)c(-n2cccc2)c1)c1cc(Cl)cc(OC)c1OC. The van der Waals surface area contributed by atoms with Crippen molar-refractivity contribution in [3.63, 3.8) is 0 Å². The molecule has 1 aromatic heterocycles. The normalized spacial score (nSPS) is 10.9. The molecule has 0 atom stereocenters. The van der Waals surface area contributed by atoms with Crippen molar-refractivity contribution in [2.75, 3.05) is 25.7 Å². The van der Waals surface area contributed by atoms with Crippen molar-refractivity contribution >= 4 is 33.7 Å². The molecule has 3 aromatic rings. The van der Waals surface area contributed by atoms with E-state index in [9.17, 15) is 8.42 Å². The fourth-order valence-corrected chi connectivity index (χ4v) is 4.08. The molecule has 0 saturated carbocycles. The molecule has 0 fully saturated rings. The predicted molar refractivity (Wildman–Crippen MR) is 117 cm³/mol. The Morgan fingerprint density at radius 3 is 2.38 bits per heavy atom. The summed E-state index contributed by atoms with van der Waals surface area (Å²) in [5.74, 6) is 1.09. The first-order valence-corrected chi connectivity index (χ1v) is 10.8. The molecule has 0 saturated heterocycles. The average molecular weight is 435 g/mol. The third kappa shape index (κ3) is 4.52. The van der Waals surface area contributed by atoms with Gasteiger partial charge in [-0.05, 0) is 42.8 Å². The molecule has 0 aliphatic heterocycles. The Morgan fingerprint density at radius 1 is 1.07 bits per heavy atom. The molecule has 0 spiro atoms. The molecule has 0 aliphatic rings. The van der Waals surface area contributed by atoms with E-state index in [1.807, 2.05) is 65.2 Å². The molecule has 3 rings (SSSR count). The molecule has 0 unspecified atom stereocenters. The Bertz CT molecular complexity index is 1060. The maximum atomic E-state index is 11.4. The summed E-state index contributed by atoms with van der Waals surface area (Å²) in [5.41, 5.74) is 3.18. The molecular weight excluding hydrogens is 412 g/mol. The van der Waals surface area contributed by atoms with Crippen molar-refractivity contribution < 1.29 is 17.9 Å². The second kappa shape index (κ2) is 9.24. The quantitative estimate of drug-likeness (QED) is 0.532. The molecule has 154 valence electrons. The van der Waals surface area contributed by atoms with Gasteiger partial charge in [-0.15, -0.1) is 0 Å². The third-order valence-electron chi connectivity index (χ3n) is 4.59. The number of aromatic nitrogens is 1. The van der Waals surface area contributed by atoms with Gasteiger partial charge in [0, 0.05) is 35.7 Å². The molecule has 0 N–H and O–H groups in total. The molecule has 29 heavy (non-hydrogen) atoms. The number of rotatable bonds is 8. The zero-order valence-electron chi connectivity index (χ0n) is 16.5. The molecular formula is C21H23ClN2O4S. The first-order valence-electron chi connectivity index (χ1n) is 9.05. The lowest BCUT2D eigenvalue weighted by atomic mass is 10.1. The molecule has 6 nitrogen and oxygen atoms in total. The van der Waals surface area contributed by atoms with Gasteiger partial charge in [-0.3, -0.25) is 0 Å². The van der Waals surface area contributed by atoms with Crippen LogP contribution in [0.5, 0.6) is 11.5 Å². The minimum Gasteiger partial charge on any atom is -0.493 e. The van der Waals surface area contributed by atoms with E-state index in [1.54, 1.807) is 20.3 Å². The molecule has 2 aromatic carbocycles. The lowest BCUT2D eigenvalue weighted by molar-refractivity contribution is 0.355. The van der Waals surface area contributed by atoms with E-state index in [0.29, 0.717) is 23.1 Å². The minimum atomic E-state index is -2.54. The highest BCUT2D eigenvalue weighted by Crippen LogP contribution is 2.43. The van der Waals surface area contributed by atoms with Gasteiger partial charge < -0.3 is 18.9 Å². The van der Waals surface area contributed by atoms with E-state index in [0.717, 1.165) is 22.6 Å². The molecule has 0 amide bonds. The summed E-state index contributed by atoms with van der Waals surface area (Å²) in [6.45, 7) is 2.66. The molecule has 0 aliphatic carbocycles. The monoisotopic (exact) mass is 434 g/mol. The van der Waals surface area contributed by atoms with Crippen LogP contribution in [0.15, 0.2) is 54.9 Å². The highest BCUT2D eigenvalue weighted by Gasteiger charge is 2.19. The fourth-order valence-electron chi connectivity index (χ4n) is 3.33. The maximum absolute atomic E-state index is 11.4. The summed E-state index contributed by atoms with van der Waals surface area (Å²) in [7, 11) is 0.611. The summed E-state index contributed by atoms with van der Waals surface area (Å²) in [6.07, 6.45) is 3.78. The predicted octanol–water partition coefficient (Wildman–Crippen LogP) is 4.42. The van der Waals surface area contributed by atoms with Crippen molar-refractivity contribution in [1.82, 2.24) is 4.57 Å².